The zero-order valence-electron chi connectivity index (χ0n) is 10.6. The molecule has 1 atom stereocenters. The normalized spacial score (nSPS) is 12.6. The number of hydrogen-bond donors (Lipinski definition) is 1. The molecule has 0 aliphatic rings. The molecule has 0 aliphatic heterocycles. The SMILES string of the molecule is CCNC(c1ncccc1Br)c1ccnn1CC. The van der Waals surface area contributed by atoms with Gasteiger partial charge < -0.3 is 5.32 Å². The molecule has 0 amide bonds. The van der Waals surface area contributed by atoms with Crippen LogP contribution >= 0.6 is 15.9 Å². The maximum atomic E-state index is 4.48. The van der Waals surface area contributed by atoms with Gasteiger partial charge in [0.1, 0.15) is 0 Å². The predicted molar refractivity (Wildman–Crippen MR) is 75.4 cm³/mol. The van der Waals surface area contributed by atoms with Crippen molar-refractivity contribution in [2.75, 3.05) is 6.54 Å². The van der Waals surface area contributed by atoms with Gasteiger partial charge in [-0.2, -0.15) is 5.10 Å². The third-order valence-corrected chi connectivity index (χ3v) is 3.48. The molecule has 2 aromatic rings. The summed E-state index contributed by atoms with van der Waals surface area (Å²) in [5.74, 6) is 0. The molecule has 0 aliphatic carbocycles. The lowest BCUT2D eigenvalue weighted by atomic mass is 10.1. The molecule has 1 unspecified atom stereocenters. The van der Waals surface area contributed by atoms with Crippen molar-refractivity contribution >= 4 is 15.9 Å². The maximum absolute atomic E-state index is 4.48. The molecule has 96 valence electrons. The van der Waals surface area contributed by atoms with Crippen LogP contribution in [0.1, 0.15) is 31.3 Å². The zero-order chi connectivity index (χ0) is 13.0. The van der Waals surface area contributed by atoms with Crippen molar-refractivity contribution in [1.82, 2.24) is 20.1 Å². The molecular formula is C13H17BrN4. The van der Waals surface area contributed by atoms with Gasteiger partial charge in [-0.3, -0.25) is 9.67 Å². The van der Waals surface area contributed by atoms with Crippen molar-refractivity contribution in [3.63, 3.8) is 0 Å². The van der Waals surface area contributed by atoms with Crippen molar-refractivity contribution in [3.8, 4) is 0 Å². The molecule has 0 saturated carbocycles. The topological polar surface area (TPSA) is 42.7 Å². The van der Waals surface area contributed by atoms with E-state index in [1.807, 2.05) is 35.3 Å². The first-order chi connectivity index (χ1) is 8.77. The van der Waals surface area contributed by atoms with Gasteiger partial charge in [-0.1, -0.05) is 6.92 Å². The van der Waals surface area contributed by atoms with E-state index in [0.29, 0.717) is 0 Å². The van der Waals surface area contributed by atoms with Crippen LogP contribution in [0.25, 0.3) is 0 Å². The summed E-state index contributed by atoms with van der Waals surface area (Å²) in [6.45, 7) is 5.92. The zero-order valence-corrected chi connectivity index (χ0v) is 12.2. The minimum Gasteiger partial charge on any atom is -0.304 e. The predicted octanol–water partition coefficient (Wildman–Crippen LogP) is 2.76. The Morgan fingerprint density at radius 2 is 2.17 bits per heavy atom. The summed E-state index contributed by atoms with van der Waals surface area (Å²) >= 11 is 3.57. The van der Waals surface area contributed by atoms with Crippen LogP contribution in [-0.2, 0) is 6.54 Å². The van der Waals surface area contributed by atoms with Gasteiger partial charge >= 0.3 is 0 Å². The molecule has 2 heterocycles. The highest BCUT2D eigenvalue weighted by Gasteiger charge is 2.20. The number of halogens is 1. The molecule has 2 aromatic heterocycles. The van der Waals surface area contributed by atoms with E-state index in [0.717, 1.165) is 29.0 Å². The van der Waals surface area contributed by atoms with Crippen LogP contribution in [-0.4, -0.2) is 21.3 Å². The summed E-state index contributed by atoms with van der Waals surface area (Å²) in [5, 5.41) is 7.79. The molecule has 0 spiro atoms. The molecule has 5 heteroatoms. The summed E-state index contributed by atoms with van der Waals surface area (Å²) in [7, 11) is 0. The Hall–Kier alpha value is -1.20. The molecular weight excluding hydrogens is 292 g/mol. The van der Waals surface area contributed by atoms with Gasteiger partial charge in [-0.25, -0.2) is 0 Å². The lowest BCUT2D eigenvalue weighted by Crippen LogP contribution is -2.26. The Balaban J connectivity index is 2.43. The van der Waals surface area contributed by atoms with Crippen LogP contribution in [0, 0.1) is 0 Å². The minimum atomic E-state index is 0.0630. The monoisotopic (exact) mass is 308 g/mol. The number of nitrogens with zero attached hydrogens (tertiary/aromatic N) is 3. The van der Waals surface area contributed by atoms with E-state index >= 15 is 0 Å². The van der Waals surface area contributed by atoms with Crippen molar-refractivity contribution in [1.29, 1.82) is 0 Å². The van der Waals surface area contributed by atoms with Crippen molar-refractivity contribution in [2.45, 2.75) is 26.4 Å². The first-order valence-electron chi connectivity index (χ1n) is 6.13. The van der Waals surface area contributed by atoms with E-state index in [1.165, 1.54) is 0 Å². The maximum Gasteiger partial charge on any atom is 0.0933 e. The fourth-order valence-corrected chi connectivity index (χ4v) is 2.49. The Labute approximate surface area is 116 Å². The second-order valence-corrected chi connectivity index (χ2v) is 4.79. The average Bonchev–Trinajstić information content (AvgIpc) is 2.85. The number of hydrogen-bond acceptors (Lipinski definition) is 3. The van der Waals surface area contributed by atoms with E-state index in [1.54, 1.807) is 0 Å². The quantitative estimate of drug-likeness (QED) is 0.923. The van der Waals surface area contributed by atoms with Gasteiger partial charge in [0.15, 0.2) is 0 Å². The van der Waals surface area contributed by atoms with Gasteiger partial charge in [0.25, 0.3) is 0 Å². The van der Waals surface area contributed by atoms with Crippen molar-refractivity contribution in [3.05, 3.63) is 46.5 Å². The Bertz CT molecular complexity index is 509. The highest BCUT2D eigenvalue weighted by atomic mass is 79.9. The molecule has 0 fully saturated rings. The van der Waals surface area contributed by atoms with Crippen LogP contribution in [0.2, 0.25) is 0 Å². The van der Waals surface area contributed by atoms with Crippen molar-refractivity contribution in [2.24, 2.45) is 0 Å². The van der Waals surface area contributed by atoms with Gasteiger partial charge in [0, 0.05) is 23.4 Å². The van der Waals surface area contributed by atoms with Crippen LogP contribution < -0.4 is 5.32 Å². The molecule has 2 rings (SSSR count). The smallest absolute Gasteiger partial charge is 0.0933 e. The lowest BCUT2D eigenvalue weighted by molar-refractivity contribution is 0.533. The summed E-state index contributed by atoms with van der Waals surface area (Å²) in [5.41, 5.74) is 2.13. The molecule has 1 N–H and O–H groups in total. The van der Waals surface area contributed by atoms with Crippen LogP contribution in [0.4, 0.5) is 0 Å². The lowest BCUT2D eigenvalue weighted by Gasteiger charge is -2.19. The minimum absolute atomic E-state index is 0.0630. The van der Waals surface area contributed by atoms with E-state index < -0.39 is 0 Å². The van der Waals surface area contributed by atoms with E-state index in [2.05, 4.69) is 45.2 Å². The number of rotatable bonds is 5. The van der Waals surface area contributed by atoms with Gasteiger partial charge in [-0.05, 0) is 47.6 Å². The fourth-order valence-electron chi connectivity index (χ4n) is 2.01. The Kier molecular flexibility index (Phi) is 4.49. The standard InChI is InChI=1S/C13H17BrN4/c1-3-15-13(11-7-9-17-18(11)4-2)12-10(14)6-5-8-16-12/h5-9,13,15H,3-4H2,1-2H3. The molecule has 4 nitrogen and oxygen atoms in total. The van der Waals surface area contributed by atoms with Crippen LogP contribution in [0.5, 0.6) is 0 Å². The van der Waals surface area contributed by atoms with Crippen LogP contribution in [0.3, 0.4) is 0 Å². The van der Waals surface area contributed by atoms with E-state index in [4.69, 9.17) is 0 Å². The summed E-state index contributed by atoms with van der Waals surface area (Å²) in [6, 6.07) is 6.04. The Morgan fingerprint density at radius 1 is 1.33 bits per heavy atom. The third kappa shape index (κ3) is 2.62. The fraction of sp³-hybridized carbons (Fsp3) is 0.385. The second-order valence-electron chi connectivity index (χ2n) is 3.93. The van der Waals surface area contributed by atoms with Crippen LogP contribution in [0.15, 0.2) is 35.1 Å². The average molecular weight is 309 g/mol. The molecule has 18 heavy (non-hydrogen) atoms. The Morgan fingerprint density at radius 3 is 2.83 bits per heavy atom. The second kappa shape index (κ2) is 6.11. The number of aryl methyl sites for hydroxylation is 1. The summed E-state index contributed by atoms with van der Waals surface area (Å²) in [6.07, 6.45) is 3.65. The van der Waals surface area contributed by atoms with Crippen molar-refractivity contribution < 1.29 is 0 Å². The van der Waals surface area contributed by atoms with Gasteiger partial charge in [0.05, 0.1) is 17.4 Å². The largest absolute Gasteiger partial charge is 0.304 e. The van der Waals surface area contributed by atoms with E-state index in [-0.39, 0.29) is 6.04 Å². The molecule has 0 saturated heterocycles. The van der Waals surface area contributed by atoms with E-state index in [9.17, 15) is 0 Å². The summed E-state index contributed by atoms with van der Waals surface area (Å²) in [4.78, 5) is 4.48. The highest BCUT2D eigenvalue weighted by Crippen LogP contribution is 2.26. The first kappa shape index (κ1) is 13.2. The molecule has 0 aromatic carbocycles. The molecule has 0 radical (unpaired) electrons. The number of aromatic nitrogens is 3. The van der Waals surface area contributed by atoms with Gasteiger partial charge in [0.2, 0.25) is 0 Å². The summed E-state index contributed by atoms with van der Waals surface area (Å²) < 4.78 is 3.01. The first-order valence-corrected chi connectivity index (χ1v) is 6.92. The van der Waals surface area contributed by atoms with Gasteiger partial charge in [-0.15, -0.1) is 0 Å². The highest BCUT2D eigenvalue weighted by molar-refractivity contribution is 9.10. The third-order valence-electron chi connectivity index (χ3n) is 2.81. The number of nitrogens with one attached hydrogen (secondary N) is 1. The number of pyridine rings is 1. The molecule has 0 bridgehead atoms.